The maximum absolute atomic E-state index is 11.3. The Balaban J connectivity index is 2.43. The van der Waals surface area contributed by atoms with Gasteiger partial charge in [0.2, 0.25) is 5.91 Å². The second kappa shape index (κ2) is 4.92. The molecule has 0 radical (unpaired) electrons. The number of amides is 1. The number of carbonyl (C=O) groups excluding carboxylic acids is 1. The molecule has 0 aromatic heterocycles. The van der Waals surface area contributed by atoms with Crippen LogP contribution in [-0.2, 0) is 14.3 Å². The smallest absolute Gasteiger partial charge is 0.239 e. The van der Waals surface area contributed by atoms with Gasteiger partial charge in [-0.15, -0.1) is 0 Å². The fourth-order valence-electron chi connectivity index (χ4n) is 1.42. The molecule has 1 rings (SSSR count). The zero-order valence-electron chi connectivity index (χ0n) is 9.58. The van der Waals surface area contributed by atoms with Crippen molar-refractivity contribution >= 4 is 5.91 Å². The first-order valence-corrected chi connectivity index (χ1v) is 5.21. The number of carbonyl (C=O) groups is 1. The minimum Gasteiger partial charge on any atom is -0.376 e. The van der Waals surface area contributed by atoms with Crippen molar-refractivity contribution in [3.8, 4) is 0 Å². The lowest BCUT2D eigenvalue weighted by Gasteiger charge is -2.33. The zero-order valence-corrected chi connectivity index (χ0v) is 9.58. The van der Waals surface area contributed by atoms with Gasteiger partial charge in [0.15, 0.2) is 0 Å². The Kier molecular flexibility index (Phi) is 4.07. The van der Waals surface area contributed by atoms with Crippen molar-refractivity contribution in [1.29, 1.82) is 0 Å². The minimum absolute atomic E-state index is 0.109. The van der Waals surface area contributed by atoms with Gasteiger partial charge >= 0.3 is 0 Å². The van der Waals surface area contributed by atoms with E-state index in [1.54, 1.807) is 6.92 Å². The molecule has 1 saturated heterocycles. The molecule has 1 aliphatic rings. The van der Waals surface area contributed by atoms with Crippen LogP contribution < -0.4 is 11.1 Å². The standard InChI is InChI=1S/C10H20N2O3/c1-7(2)12-10(3,9(11)13)6-15-8-4-14-5-8/h7-8,12H,4-6H2,1-3H3,(H2,11,13). The highest BCUT2D eigenvalue weighted by Gasteiger charge is 2.33. The normalized spacial score (nSPS) is 21.1. The second-order valence-electron chi connectivity index (χ2n) is 4.47. The Hall–Kier alpha value is -0.650. The molecule has 0 saturated carbocycles. The van der Waals surface area contributed by atoms with Gasteiger partial charge in [-0.2, -0.15) is 0 Å². The minimum atomic E-state index is -0.802. The molecule has 1 aliphatic heterocycles. The molecular formula is C10H20N2O3. The first-order chi connectivity index (χ1) is 6.94. The van der Waals surface area contributed by atoms with Gasteiger partial charge in [-0.05, 0) is 20.8 Å². The van der Waals surface area contributed by atoms with Crippen molar-refractivity contribution in [3.63, 3.8) is 0 Å². The lowest BCUT2D eigenvalue weighted by molar-refractivity contribution is -0.148. The van der Waals surface area contributed by atoms with Crippen LogP contribution in [-0.4, -0.2) is 43.4 Å². The summed E-state index contributed by atoms with van der Waals surface area (Å²) in [4.78, 5) is 11.3. The molecule has 0 aromatic carbocycles. The summed E-state index contributed by atoms with van der Waals surface area (Å²) in [6.45, 7) is 7.19. The van der Waals surface area contributed by atoms with Gasteiger partial charge in [-0.1, -0.05) is 0 Å². The highest BCUT2D eigenvalue weighted by Crippen LogP contribution is 2.11. The van der Waals surface area contributed by atoms with Gasteiger partial charge in [0.1, 0.15) is 11.6 Å². The summed E-state index contributed by atoms with van der Waals surface area (Å²) >= 11 is 0. The highest BCUT2D eigenvalue weighted by molar-refractivity contribution is 5.84. The van der Waals surface area contributed by atoms with E-state index in [-0.39, 0.29) is 18.8 Å². The highest BCUT2D eigenvalue weighted by atomic mass is 16.6. The molecule has 0 aromatic rings. The summed E-state index contributed by atoms with van der Waals surface area (Å²) in [5.74, 6) is -0.392. The van der Waals surface area contributed by atoms with Crippen molar-refractivity contribution in [2.75, 3.05) is 19.8 Å². The van der Waals surface area contributed by atoms with Crippen LogP contribution in [0.3, 0.4) is 0 Å². The van der Waals surface area contributed by atoms with Crippen LogP contribution in [0.1, 0.15) is 20.8 Å². The number of hydrogen-bond donors (Lipinski definition) is 2. The molecule has 5 nitrogen and oxygen atoms in total. The monoisotopic (exact) mass is 216 g/mol. The van der Waals surface area contributed by atoms with Crippen LogP contribution in [0.4, 0.5) is 0 Å². The second-order valence-corrected chi connectivity index (χ2v) is 4.47. The van der Waals surface area contributed by atoms with E-state index in [1.807, 2.05) is 13.8 Å². The number of primary amides is 1. The Morgan fingerprint density at radius 1 is 1.67 bits per heavy atom. The predicted octanol–water partition coefficient (Wildman–Crippen LogP) is -0.356. The molecule has 1 heterocycles. The Morgan fingerprint density at radius 2 is 2.27 bits per heavy atom. The topological polar surface area (TPSA) is 73.6 Å². The fourth-order valence-corrected chi connectivity index (χ4v) is 1.42. The summed E-state index contributed by atoms with van der Waals surface area (Å²) in [6, 6.07) is 0.184. The van der Waals surface area contributed by atoms with Crippen molar-refractivity contribution < 1.29 is 14.3 Å². The summed E-state index contributed by atoms with van der Waals surface area (Å²) in [7, 11) is 0. The SMILES string of the molecule is CC(C)NC(C)(COC1COC1)C(N)=O. The predicted molar refractivity (Wildman–Crippen MR) is 56.4 cm³/mol. The third-order valence-electron chi connectivity index (χ3n) is 2.37. The summed E-state index contributed by atoms with van der Waals surface area (Å²) < 4.78 is 10.5. The van der Waals surface area contributed by atoms with Crippen LogP contribution in [0.2, 0.25) is 0 Å². The van der Waals surface area contributed by atoms with Crippen LogP contribution >= 0.6 is 0 Å². The maximum atomic E-state index is 11.3. The van der Waals surface area contributed by atoms with Crippen LogP contribution in [0, 0.1) is 0 Å². The quantitative estimate of drug-likeness (QED) is 0.636. The summed E-state index contributed by atoms with van der Waals surface area (Å²) in [6.07, 6.45) is 0.109. The van der Waals surface area contributed by atoms with E-state index < -0.39 is 11.4 Å². The third kappa shape index (κ3) is 3.44. The Morgan fingerprint density at radius 3 is 2.60 bits per heavy atom. The summed E-state index contributed by atoms with van der Waals surface area (Å²) in [5.41, 5.74) is 4.55. The van der Waals surface area contributed by atoms with E-state index in [0.717, 1.165) is 0 Å². The fraction of sp³-hybridized carbons (Fsp3) is 0.900. The molecule has 1 amide bonds. The van der Waals surface area contributed by atoms with Crippen molar-refractivity contribution in [3.05, 3.63) is 0 Å². The van der Waals surface area contributed by atoms with Crippen LogP contribution in [0.15, 0.2) is 0 Å². The van der Waals surface area contributed by atoms with Crippen LogP contribution in [0.5, 0.6) is 0 Å². The van der Waals surface area contributed by atoms with Crippen molar-refractivity contribution in [2.45, 2.75) is 38.5 Å². The van der Waals surface area contributed by atoms with Gasteiger partial charge in [0.05, 0.1) is 19.8 Å². The molecule has 5 heteroatoms. The number of ether oxygens (including phenoxy) is 2. The molecule has 1 fully saturated rings. The van der Waals surface area contributed by atoms with E-state index in [1.165, 1.54) is 0 Å². The van der Waals surface area contributed by atoms with Gasteiger partial charge in [0, 0.05) is 6.04 Å². The first kappa shape index (κ1) is 12.4. The average Bonchev–Trinajstić information content (AvgIpc) is 1.99. The largest absolute Gasteiger partial charge is 0.376 e. The van der Waals surface area contributed by atoms with E-state index >= 15 is 0 Å². The van der Waals surface area contributed by atoms with E-state index in [9.17, 15) is 4.79 Å². The summed E-state index contributed by atoms with van der Waals surface area (Å²) in [5, 5.41) is 3.12. The Labute approximate surface area is 90.3 Å². The van der Waals surface area contributed by atoms with Crippen molar-refractivity contribution in [1.82, 2.24) is 5.32 Å². The van der Waals surface area contributed by atoms with Gasteiger partial charge in [-0.3, -0.25) is 10.1 Å². The Bertz CT molecular complexity index is 229. The number of rotatable bonds is 6. The number of nitrogens with two attached hydrogens (primary N) is 1. The van der Waals surface area contributed by atoms with Crippen molar-refractivity contribution in [2.24, 2.45) is 5.73 Å². The third-order valence-corrected chi connectivity index (χ3v) is 2.37. The van der Waals surface area contributed by atoms with E-state index in [4.69, 9.17) is 15.2 Å². The molecule has 88 valence electrons. The van der Waals surface area contributed by atoms with Gasteiger partial charge < -0.3 is 15.2 Å². The van der Waals surface area contributed by atoms with E-state index in [0.29, 0.717) is 13.2 Å². The molecule has 1 atom stereocenters. The molecule has 1 unspecified atom stereocenters. The van der Waals surface area contributed by atoms with Gasteiger partial charge in [-0.25, -0.2) is 0 Å². The zero-order chi connectivity index (χ0) is 11.5. The lowest BCUT2D eigenvalue weighted by atomic mass is 10.0. The van der Waals surface area contributed by atoms with E-state index in [2.05, 4.69) is 5.32 Å². The number of nitrogens with one attached hydrogen (secondary N) is 1. The molecule has 15 heavy (non-hydrogen) atoms. The molecule has 3 N–H and O–H groups in total. The molecular weight excluding hydrogens is 196 g/mol. The number of hydrogen-bond acceptors (Lipinski definition) is 4. The average molecular weight is 216 g/mol. The van der Waals surface area contributed by atoms with Gasteiger partial charge in [0.25, 0.3) is 0 Å². The first-order valence-electron chi connectivity index (χ1n) is 5.21. The maximum Gasteiger partial charge on any atom is 0.239 e. The lowest BCUT2D eigenvalue weighted by Crippen LogP contribution is -2.59. The molecule has 0 bridgehead atoms. The van der Waals surface area contributed by atoms with Crippen LogP contribution in [0.25, 0.3) is 0 Å². The molecule has 0 spiro atoms. The molecule has 0 aliphatic carbocycles.